The molecule has 1 N–H and O–H groups in total. The molecule has 1 saturated carbocycles. The molecular weight excluding hydrogens is 278 g/mol. The molecule has 1 fully saturated rings. The normalized spacial score (nSPS) is 28.6. The monoisotopic (exact) mass is 306 g/mol. The van der Waals surface area contributed by atoms with E-state index in [0.29, 0.717) is 19.3 Å². The largest absolute Gasteiger partial charge is 0.461 e. The smallest absolute Gasteiger partial charge is 0.376 e. The molecule has 0 spiro atoms. The first kappa shape index (κ1) is 18.3. The van der Waals surface area contributed by atoms with Crippen LogP contribution in [0.15, 0.2) is 0 Å². The summed E-state index contributed by atoms with van der Waals surface area (Å²) in [5, 5.41) is 9.70. The zero-order valence-corrected chi connectivity index (χ0v) is 13.5. The maximum Gasteiger partial charge on any atom is 0.376 e. The van der Waals surface area contributed by atoms with Crippen LogP contribution in [0, 0.1) is 17.3 Å². The fourth-order valence-corrected chi connectivity index (χ4v) is 3.80. The molecule has 0 amide bonds. The van der Waals surface area contributed by atoms with Gasteiger partial charge in [-0.05, 0) is 43.9 Å². The van der Waals surface area contributed by atoms with E-state index in [2.05, 4.69) is 13.8 Å². The minimum atomic E-state index is -3.46. The number of aliphatic hydroxyl groups is 1. The van der Waals surface area contributed by atoms with Crippen LogP contribution in [-0.2, 0) is 9.53 Å². The molecule has 0 aromatic rings. The van der Waals surface area contributed by atoms with Crippen molar-refractivity contribution in [2.75, 3.05) is 6.61 Å². The van der Waals surface area contributed by atoms with Gasteiger partial charge in [-0.1, -0.05) is 20.3 Å². The molecular formula is C16H28F2O3. The van der Waals surface area contributed by atoms with Crippen molar-refractivity contribution in [2.24, 2.45) is 17.3 Å². The number of hydrogen-bond donors (Lipinski definition) is 1. The van der Waals surface area contributed by atoms with Crippen molar-refractivity contribution in [1.29, 1.82) is 0 Å². The second kappa shape index (κ2) is 7.03. The van der Waals surface area contributed by atoms with Crippen molar-refractivity contribution in [3.63, 3.8) is 0 Å². The first-order valence-corrected chi connectivity index (χ1v) is 7.90. The number of alkyl halides is 2. The van der Waals surface area contributed by atoms with Gasteiger partial charge in [-0.25, -0.2) is 4.79 Å². The Labute approximate surface area is 126 Å². The summed E-state index contributed by atoms with van der Waals surface area (Å²) in [5.41, 5.74) is 0.00898. The fraction of sp³-hybridized carbons (Fsp3) is 0.938. The summed E-state index contributed by atoms with van der Waals surface area (Å²) in [6, 6.07) is 0. The highest BCUT2D eigenvalue weighted by atomic mass is 19.3. The zero-order chi connectivity index (χ0) is 16.3. The number of hydrogen-bond acceptors (Lipinski definition) is 3. The molecule has 0 heterocycles. The van der Waals surface area contributed by atoms with E-state index < -0.39 is 18.0 Å². The quantitative estimate of drug-likeness (QED) is 0.694. The SMILES string of the molecule is CCC1CCC1(CC)[C@H](COC(=O)C(C)(F)F)CC(C)O. The van der Waals surface area contributed by atoms with E-state index in [-0.39, 0.29) is 17.9 Å². The van der Waals surface area contributed by atoms with Gasteiger partial charge in [0.05, 0.1) is 12.7 Å². The Morgan fingerprint density at radius 1 is 1.48 bits per heavy atom. The molecule has 1 rings (SSSR count). The van der Waals surface area contributed by atoms with Gasteiger partial charge in [0, 0.05) is 12.8 Å². The number of esters is 1. The van der Waals surface area contributed by atoms with Gasteiger partial charge in [0.15, 0.2) is 0 Å². The first-order chi connectivity index (χ1) is 9.67. The van der Waals surface area contributed by atoms with Crippen molar-refractivity contribution in [1.82, 2.24) is 0 Å². The fourth-order valence-electron chi connectivity index (χ4n) is 3.80. The summed E-state index contributed by atoms with van der Waals surface area (Å²) < 4.78 is 30.7. The average molecular weight is 306 g/mol. The van der Waals surface area contributed by atoms with Crippen LogP contribution in [0.1, 0.15) is 59.8 Å². The van der Waals surface area contributed by atoms with Crippen LogP contribution in [0.25, 0.3) is 0 Å². The average Bonchev–Trinajstić information content (AvgIpc) is 2.34. The van der Waals surface area contributed by atoms with Crippen molar-refractivity contribution in [3.05, 3.63) is 0 Å². The van der Waals surface area contributed by atoms with E-state index in [9.17, 15) is 18.7 Å². The number of rotatable bonds is 8. The van der Waals surface area contributed by atoms with Gasteiger partial charge in [-0.15, -0.1) is 0 Å². The van der Waals surface area contributed by atoms with Gasteiger partial charge < -0.3 is 9.84 Å². The van der Waals surface area contributed by atoms with Crippen LogP contribution >= 0.6 is 0 Å². The van der Waals surface area contributed by atoms with Crippen LogP contribution in [0.4, 0.5) is 8.78 Å². The summed E-state index contributed by atoms with van der Waals surface area (Å²) in [6.07, 6.45) is 4.04. The molecule has 1 aliphatic rings. The van der Waals surface area contributed by atoms with Crippen LogP contribution < -0.4 is 0 Å². The molecule has 0 bridgehead atoms. The van der Waals surface area contributed by atoms with Crippen LogP contribution in [-0.4, -0.2) is 29.7 Å². The number of carbonyl (C=O) groups is 1. The minimum Gasteiger partial charge on any atom is -0.461 e. The minimum absolute atomic E-state index is 0.00898. The molecule has 1 aliphatic carbocycles. The maximum absolute atomic E-state index is 12.9. The standard InChI is InChI=1S/C16H28F2O3/c1-5-12-7-8-16(12,6-2)13(9-11(3)19)10-21-14(20)15(4,17)18/h11-13,19H,5-10H2,1-4H3/t11?,12?,13-,16?/m0/s1. The Morgan fingerprint density at radius 3 is 2.43 bits per heavy atom. The van der Waals surface area contributed by atoms with E-state index >= 15 is 0 Å². The molecule has 4 atom stereocenters. The topological polar surface area (TPSA) is 46.5 Å². The predicted octanol–water partition coefficient (Wildman–Crippen LogP) is 3.79. The Kier molecular flexibility index (Phi) is 6.14. The molecule has 124 valence electrons. The first-order valence-electron chi connectivity index (χ1n) is 7.90. The Balaban J connectivity index is 2.78. The Morgan fingerprint density at radius 2 is 2.10 bits per heavy atom. The molecule has 0 saturated heterocycles. The summed E-state index contributed by atoms with van der Waals surface area (Å²) in [6.45, 7) is 6.42. The lowest BCUT2D eigenvalue weighted by Crippen LogP contribution is -2.48. The van der Waals surface area contributed by atoms with Gasteiger partial charge in [-0.2, -0.15) is 8.78 Å². The number of aliphatic hydroxyl groups excluding tert-OH is 1. The van der Waals surface area contributed by atoms with E-state index in [1.807, 2.05) is 0 Å². The zero-order valence-electron chi connectivity index (χ0n) is 13.5. The number of halogens is 2. The van der Waals surface area contributed by atoms with Gasteiger partial charge in [-0.3, -0.25) is 0 Å². The van der Waals surface area contributed by atoms with Gasteiger partial charge >= 0.3 is 11.9 Å². The molecule has 0 aromatic carbocycles. The lowest BCUT2D eigenvalue weighted by atomic mass is 9.51. The van der Waals surface area contributed by atoms with E-state index in [1.54, 1.807) is 6.92 Å². The van der Waals surface area contributed by atoms with E-state index in [4.69, 9.17) is 4.74 Å². The maximum atomic E-state index is 12.9. The molecule has 0 radical (unpaired) electrons. The highest BCUT2D eigenvalue weighted by molar-refractivity contribution is 5.76. The van der Waals surface area contributed by atoms with Crippen molar-refractivity contribution in [2.45, 2.75) is 71.8 Å². The highest BCUT2D eigenvalue weighted by Gasteiger charge is 2.50. The van der Waals surface area contributed by atoms with Crippen LogP contribution in [0.5, 0.6) is 0 Å². The third-order valence-corrected chi connectivity index (χ3v) is 5.14. The Hall–Kier alpha value is -0.710. The van der Waals surface area contributed by atoms with Crippen molar-refractivity contribution in [3.8, 4) is 0 Å². The van der Waals surface area contributed by atoms with E-state index in [1.165, 1.54) is 0 Å². The third kappa shape index (κ3) is 4.15. The third-order valence-electron chi connectivity index (χ3n) is 5.14. The second-order valence-corrected chi connectivity index (χ2v) is 6.50. The Bertz CT molecular complexity index is 346. The summed E-state index contributed by atoms with van der Waals surface area (Å²) in [7, 11) is 0. The number of carbonyl (C=O) groups excluding carboxylic acids is 1. The second-order valence-electron chi connectivity index (χ2n) is 6.50. The molecule has 3 nitrogen and oxygen atoms in total. The van der Waals surface area contributed by atoms with Gasteiger partial charge in [0.2, 0.25) is 0 Å². The predicted molar refractivity (Wildman–Crippen MR) is 77.1 cm³/mol. The molecule has 5 heteroatoms. The molecule has 0 aromatic heterocycles. The summed E-state index contributed by atoms with van der Waals surface area (Å²) >= 11 is 0. The molecule has 21 heavy (non-hydrogen) atoms. The van der Waals surface area contributed by atoms with Gasteiger partial charge in [0.25, 0.3) is 0 Å². The highest BCUT2D eigenvalue weighted by Crippen LogP contribution is 2.57. The lowest BCUT2D eigenvalue weighted by Gasteiger charge is -2.54. The number of ether oxygens (including phenoxy) is 1. The summed E-state index contributed by atoms with van der Waals surface area (Å²) in [5.74, 6) is -4.48. The van der Waals surface area contributed by atoms with Crippen LogP contribution in [0.3, 0.4) is 0 Å². The lowest BCUT2D eigenvalue weighted by molar-refractivity contribution is -0.175. The molecule has 0 aliphatic heterocycles. The molecule has 3 unspecified atom stereocenters. The van der Waals surface area contributed by atoms with Crippen molar-refractivity contribution < 1.29 is 23.4 Å². The van der Waals surface area contributed by atoms with Crippen LogP contribution in [0.2, 0.25) is 0 Å². The summed E-state index contributed by atoms with van der Waals surface area (Å²) in [4.78, 5) is 11.3. The van der Waals surface area contributed by atoms with E-state index in [0.717, 1.165) is 25.7 Å². The van der Waals surface area contributed by atoms with Crippen molar-refractivity contribution >= 4 is 5.97 Å². The van der Waals surface area contributed by atoms with Gasteiger partial charge in [0.1, 0.15) is 0 Å².